The molecule has 1 aromatic rings. The van der Waals surface area contributed by atoms with Crippen LogP contribution in [-0.4, -0.2) is 46.3 Å². The van der Waals surface area contributed by atoms with Gasteiger partial charge in [-0.2, -0.15) is 5.10 Å². The van der Waals surface area contributed by atoms with E-state index >= 15 is 0 Å². The minimum atomic E-state index is 0.366. The van der Waals surface area contributed by atoms with Crippen LogP contribution in [0.15, 0.2) is 6.33 Å². The number of hydrogen-bond donors (Lipinski definition) is 1. The normalized spacial score (nSPS) is 13.7. The summed E-state index contributed by atoms with van der Waals surface area (Å²) in [5, 5.41) is 7.60. The Morgan fingerprint density at radius 1 is 1.38 bits per heavy atom. The largest absolute Gasteiger partial charge is 0.308 e. The summed E-state index contributed by atoms with van der Waals surface area (Å²) in [5.41, 5.74) is 0. The fraction of sp³-hybridized carbons (Fsp3) is 0.818. The molecule has 0 aliphatic carbocycles. The Hall–Kier alpha value is -0.940. The molecular formula is C11H23N5. The van der Waals surface area contributed by atoms with Gasteiger partial charge in [-0.1, -0.05) is 0 Å². The van der Waals surface area contributed by atoms with Crippen LogP contribution in [0.3, 0.4) is 0 Å². The molecule has 1 unspecified atom stereocenters. The molecule has 0 fully saturated rings. The molecule has 1 N–H and O–H groups in total. The number of likely N-dealkylation sites (N-methyl/N-ethyl adjacent to an activating group) is 1. The van der Waals surface area contributed by atoms with E-state index < -0.39 is 0 Å². The van der Waals surface area contributed by atoms with Crippen molar-refractivity contribution < 1.29 is 0 Å². The molecule has 0 aliphatic rings. The summed E-state index contributed by atoms with van der Waals surface area (Å²) >= 11 is 0. The van der Waals surface area contributed by atoms with Crippen LogP contribution in [0.5, 0.6) is 0 Å². The van der Waals surface area contributed by atoms with Crippen molar-refractivity contribution in [2.24, 2.45) is 0 Å². The van der Waals surface area contributed by atoms with Crippen LogP contribution in [0.25, 0.3) is 0 Å². The lowest BCUT2D eigenvalue weighted by molar-refractivity contribution is 0.301. The minimum absolute atomic E-state index is 0.366. The number of nitrogens with one attached hydrogen (secondary N) is 1. The molecule has 1 aromatic heterocycles. The highest BCUT2D eigenvalue weighted by molar-refractivity contribution is 4.86. The smallest absolute Gasteiger partial charge is 0.141 e. The number of aromatic nitrogens is 3. The van der Waals surface area contributed by atoms with Gasteiger partial charge in [0.05, 0.1) is 6.54 Å². The van der Waals surface area contributed by atoms with E-state index in [1.54, 1.807) is 6.33 Å². The average Bonchev–Trinajstić information content (AvgIpc) is 2.65. The number of rotatable bonds is 6. The lowest BCUT2D eigenvalue weighted by Crippen LogP contribution is -2.35. The summed E-state index contributed by atoms with van der Waals surface area (Å²) in [6.45, 7) is 8.15. The van der Waals surface area contributed by atoms with E-state index in [1.165, 1.54) is 0 Å². The van der Waals surface area contributed by atoms with Gasteiger partial charge in [-0.05, 0) is 34.9 Å². The van der Waals surface area contributed by atoms with Crippen LogP contribution in [0, 0.1) is 0 Å². The third-order valence-corrected chi connectivity index (χ3v) is 2.74. The molecule has 92 valence electrons. The molecule has 0 radical (unpaired) electrons. The van der Waals surface area contributed by atoms with E-state index in [4.69, 9.17) is 0 Å². The van der Waals surface area contributed by atoms with Crippen molar-refractivity contribution >= 4 is 0 Å². The summed E-state index contributed by atoms with van der Waals surface area (Å²) in [6.07, 6.45) is 1.62. The average molecular weight is 225 g/mol. The van der Waals surface area contributed by atoms with Gasteiger partial charge in [-0.15, -0.1) is 0 Å². The van der Waals surface area contributed by atoms with E-state index in [9.17, 15) is 0 Å². The third-order valence-electron chi connectivity index (χ3n) is 2.74. The quantitative estimate of drug-likeness (QED) is 0.781. The van der Waals surface area contributed by atoms with Gasteiger partial charge in [0.25, 0.3) is 0 Å². The summed E-state index contributed by atoms with van der Waals surface area (Å²) < 4.78 is 1.95. The maximum Gasteiger partial charge on any atom is 0.141 e. The fourth-order valence-electron chi connectivity index (χ4n) is 1.41. The molecule has 0 bridgehead atoms. The maximum atomic E-state index is 4.25. The Morgan fingerprint density at radius 2 is 2.06 bits per heavy atom. The maximum absolute atomic E-state index is 4.25. The molecule has 5 heteroatoms. The third kappa shape index (κ3) is 3.57. The first kappa shape index (κ1) is 13.1. The van der Waals surface area contributed by atoms with Gasteiger partial charge in [-0.25, -0.2) is 9.67 Å². The van der Waals surface area contributed by atoms with E-state index in [-0.39, 0.29) is 0 Å². The zero-order valence-electron chi connectivity index (χ0n) is 10.9. The summed E-state index contributed by atoms with van der Waals surface area (Å²) in [4.78, 5) is 6.45. The highest BCUT2D eigenvalue weighted by Crippen LogP contribution is 2.04. The fourth-order valence-corrected chi connectivity index (χ4v) is 1.41. The molecule has 1 atom stereocenters. The van der Waals surface area contributed by atoms with Gasteiger partial charge in [0.2, 0.25) is 0 Å². The first-order valence-corrected chi connectivity index (χ1v) is 5.78. The van der Waals surface area contributed by atoms with Gasteiger partial charge in [0, 0.05) is 18.6 Å². The molecule has 0 saturated carbocycles. The highest BCUT2D eigenvalue weighted by Gasteiger charge is 2.08. The lowest BCUT2D eigenvalue weighted by Gasteiger charge is -2.20. The van der Waals surface area contributed by atoms with Crippen molar-refractivity contribution in [2.75, 3.05) is 20.6 Å². The standard InChI is InChI=1S/C11H23N5/c1-9(2)16-11(13-8-14-16)7-12-6-10(3)15(4)5/h8-10,12H,6-7H2,1-5H3. The van der Waals surface area contributed by atoms with Crippen molar-refractivity contribution in [2.45, 2.75) is 39.4 Å². The van der Waals surface area contributed by atoms with Crippen LogP contribution < -0.4 is 5.32 Å². The zero-order valence-corrected chi connectivity index (χ0v) is 10.9. The van der Waals surface area contributed by atoms with Crippen molar-refractivity contribution in [3.8, 4) is 0 Å². The van der Waals surface area contributed by atoms with Crippen LogP contribution >= 0.6 is 0 Å². The Bertz CT molecular complexity index is 305. The van der Waals surface area contributed by atoms with Gasteiger partial charge < -0.3 is 10.2 Å². The van der Waals surface area contributed by atoms with E-state index in [1.807, 2.05) is 4.68 Å². The number of hydrogen-bond acceptors (Lipinski definition) is 4. The minimum Gasteiger partial charge on any atom is -0.308 e. The second kappa shape index (κ2) is 5.96. The second-order valence-corrected chi connectivity index (χ2v) is 4.66. The first-order valence-electron chi connectivity index (χ1n) is 5.78. The molecule has 1 rings (SSSR count). The Kier molecular flexibility index (Phi) is 4.89. The monoisotopic (exact) mass is 225 g/mol. The van der Waals surface area contributed by atoms with Crippen LogP contribution in [-0.2, 0) is 6.54 Å². The molecule has 0 saturated heterocycles. The predicted molar refractivity (Wildman–Crippen MR) is 65.3 cm³/mol. The number of nitrogens with zero attached hydrogens (tertiary/aromatic N) is 4. The lowest BCUT2D eigenvalue weighted by atomic mass is 10.3. The molecule has 1 heterocycles. The topological polar surface area (TPSA) is 46.0 Å². The molecular weight excluding hydrogens is 202 g/mol. The van der Waals surface area contributed by atoms with Crippen LogP contribution in [0.2, 0.25) is 0 Å². The van der Waals surface area contributed by atoms with E-state index in [0.717, 1.165) is 18.9 Å². The molecule has 0 aliphatic heterocycles. The molecule has 0 aromatic carbocycles. The van der Waals surface area contributed by atoms with E-state index in [0.29, 0.717) is 12.1 Å². The van der Waals surface area contributed by atoms with Gasteiger partial charge >= 0.3 is 0 Å². The van der Waals surface area contributed by atoms with Crippen molar-refractivity contribution in [1.82, 2.24) is 25.0 Å². The van der Waals surface area contributed by atoms with Crippen LogP contribution in [0.4, 0.5) is 0 Å². The summed E-state index contributed by atoms with van der Waals surface area (Å²) in [7, 11) is 4.17. The SMILES string of the molecule is CC(CNCc1ncnn1C(C)C)N(C)C. The van der Waals surface area contributed by atoms with Crippen molar-refractivity contribution in [1.29, 1.82) is 0 Å². The molecule has 0 amide bonds. The molecule has 5 nitrogen and oxygen atoms in total. The van der Waals surface area contributed by atoms with Gasteiger partial charge in [0.1, 0.15) is 12.2 Å². The highest BCUT2D eigenvalue weighted by atomic mass is 15.4. The van der Waals surface area contributed by atoms with Crippen LogP contribution in [0.1, 0.15) is 32.6 Å². The summed E-state index contributed by atoms with van der Waals surface area (Å²) in [6, 6.07) is 0.890. The Balaban J connectivity index is 2.40. The zero-order chi connectivity index (χ0) is 12.1. The van der Waals surface area contributed by atoms with Crippen molar-refractivity contribution in [3.63, 3.8) is 0 Å². The first-order chi connectivity index (χ1) is 7.52. The predicted octanol–water partition coefficient (Wildman–Crippen LogP) is 0.899. The van der Waals surface area contributed by atoms with Crippen molar-refractivity contribution in [3.05, 3.63) is 12.2 Å². The second-order valence-electron chi connectivity index (χ2n) is 4.66. The Morgan fingerprint density at radius 3 is 2.62 bits per heavy atom. The van der Waals surface area contributed by atoms with Gasteiger partial charge in [0.15, 0.2) is 0 Å². The Labute approximate surface area is 97.9 Å². The van der Waals surface area contributed by atoms with Gasteiger partial charge in [-0.3, -0.25) is 0 Å². The molecule has 0 spiro atoms. The summed E-state index contributed by atoms with van der Waals surface area (Å²) in [5.74, 6) is 1.00. The van der Waals surface area contributed by atoms with E-state index in [2.05, 4.69) is 55.2 Å². The molecule has 16 heavy (non-hydrogen) atoms.